The number of carbonyl (C=O) groups is 2. The number of cyclic esters (lactones) is 2. The highest BCUT2D eigenvalue weighted by Crippen LogP contribution is 2.06. The van der Waals surface area contributed by atoms with E-state index in [9.17, 15) is 9.59 Å². The average Bonchev–Trinajstić information content (AvgIpc) is 2.13. The highest BCUT2D eigenvalue weighted by atomic mass is 16.8. The van der Waals surface area contributed by atoms with Crippen molar-refractivity contribution in [2.45, 2.75) is 13.2 Å². The third kappa shape index (κ3) is 1.61. The molecule has 1 unspecified atom stereocenters. The Bertz CT molecular complexity index is 163. The van der Waals surface area contributed by atoms with Crippen LogP contribution in [-0.2, 0) is 19.0 Å². The molecule has 0 radical (unpaired) electrons. The molecule has 0 aromatic carbocycles. The largest absolute Gasteiger partial charge is 0.511 e. The Morgan fingerprint density at radius 1 is 1.80 bits per heavy atom. The summed E-state index contributed by atoms with van der Waals surface area (Å²) in [5.41, 5.74) is 0. The topological polar surface area (TPSA) is 61.8 Å². The van der Waals surface area contributed by atoms with E-state index in [0.717, 1.165) is 0 Å². The van der Waals surface area contributed by atoms with Crippen LogP contribution in [0.5, 0.6) is 0 Å². The minimum Gasteiger partial charge on any atom is -0.426 e. The van der Waals surface area contributed by atoms with Crippen LogP contribution in [0.25, 0.3) is 0 Å². The highest BCUT2D eigenvalue weighted by molar-refractivity contribution is 5.67. The number of hydrogen-bond acceptors (Lipinski definition) is 5. The first kappa shape index (κ1) is 6.85. The Labute approximate surface area is 56.9 Å². The highest BCUT2D eigenvalue weighted by Gasteiger charge is 2.26. The zero-order valence-electron chi connectivity index (χ0n) is 5.33. The lowest BCUT2D eigenvalue weighted by atomic mass is 10.7. The van der Waals surface area contributed by atoms with E-state index in [2.05, 4.69) is 14.2 Å². The van der Waals surface area contributed by atoms with Crippen molar-refractivity contribution in [1.29, 1.82) is 0 Å². The maximum atomic E-state index is 10.2. The second-order valence-electron chi connectivity index (χ2n) is 1.72. The van der Waals surface area contributed by atoms with Gasteiger partial charge in [-0.2, -0.15) is 0 Å². The molecule has 0 N–H and O–H groups in total. The van der Waals surface area contributed by atoms with Gasteiger partial charge in [0.2, 0.25) is 0 Å². The summed E-state index contributed by atoms with van der Waals surface area (Å²) in [5, 5.41) is 0. The molecule has 0 saturated carbocycles. The van der Waals surface area contributed by atoms with Gasteiger partial charge in [-0.25, -0.2) is 4.79 Å². The molecule has 0 spiro atoms. The summed E-state index contributed by atoms with van der Waals surface area (Å²) < 4.78 is 13.2. The molecular weight excluding hydrogens is 140 g/mol. The van der Waals surface area contributed by atoms with E-state index in [1.165, 1.54) is 6.92 Å². The molecule has 56 valence electrons. The third-order valence-electron chi connectivity index (χ3n) is 0.862. The summed E-state index contributed by atoms with van der Waals surface area (Å²) in [7, 11) is 0. The van der Waals surface area contributed by atoms with Gasteiger partial charge >= 0.3 is 12.1 Å². The summed E-state index contributed by atoms with van der Waals surface area (Å²) in [6, 6.07) is 0. The molecule has 5 heteroatoms. The van der Waals surface area contributed by atoms with Crippen molar-refractivity contribution in [3.8, 4) is 0 Å². The van der Waals surface area contributed by atoms with E-state index in [1.807, 2.05) is 0 Å². The summed E-state index contributed by atoms with van der Waals surface area (Å²) in [6.07, 6.45) is -1.66. The Kier molecular flexibility index (Phi) is 1.75. The number of rotatable bonds is 1. The van der Waals surface area contributed by atoms with Gasteiger partial charge in [0.05, 0.1) is 0 Å². The number of carbonyl (C=O) groups excluding carboxylic acids is 2. The van der Waals surface area contributed by atoms with Crippen LogP contribution in [0, 0.1) is 0 Å². The fourth-order valence-corrected chi connectivity index (χ4v) is 0.555. The van der Waals surface area contributed by atoms with Crippen LogP contribution in [0.1, 0.15) is 6.92 Å². The van der Waals surface area contributed by atoms with Gasteiger partial charge < -0.3 is 14.2 Å². The van der Waals surface area contributed by atoms with Crippen LogP contribution in [0.3, 0.4) is 0 Å². The van der Waals surface area contributed by atoms with Crippen molar-refractivity contribution >= 4 is 12.1 Å². The van der Waals surface area contributed by atoms with Gasteiger partial charge in [-0.05, 0) is 0 Å². The quantitative estimate of drug-likeness (QED) is 0.489. The number of hydrogen-bond donors (Lipinski definition) is 0. The van der Waals surface area contributed by atoms with Crippen molar-refractivity contribution in [3.05, 3.63) is 0 Å². The van der Waals surface area contributed by atoms with Crippen LogP contribution in [0.4, 0.5) is 4.79 Å². The summed E-state index contributed by atoms with van der Waals surface area (Å²) >= 11 is 0. The maximum Gasteiger partial charge on any atom is 0.511 e. The summed E-state index contributed by atoms with van der Waals surface area (Å²) in [5.74, 6) is -0.497. The molecule has 1 heterocycles. The summed E-state index contributed by atoms with van der Waals surface area (Å²) in [4.78, 5) is 20.4. The molecule has 1 aliphatic heterocycles. The molecule has 1 saturated heterocycles. The molecule has 1 rings (SSSR count). The second kappa shape index (κ2) is 2.55. The molecule has 1 atom stereocenters. The molecule has 0 bridgehead atoms. The van der Waals surface area contributed by atoms with Crippen LogP contribution in [0.15, 0.2) is 0 Å². The smallest absolute Gasteiger partial charge is 0.426 e. The summed E-state index contributed by atoms with van der Waals surface area (Å²) in [6.45, 7) is 1.21. The predicted molar refractivity (Wildman–Crippen MR) is 28.0 cm³/mol. The predicted octanol–water partition coefficient (Wildman–Crippen LogP) is 0.0424. The van der Waals surface area contributed by atoms with Gasteiger partial charge in [-0.3, -0.25) is 4.79 Å². The van der Waals surface area contributed by atoms with Crippen molar-refractivity contribution in [1.82, 2.24) is 0 Å². The molecule has 0 aromatic heterocycles. The van der Waals surface area contributed by atoms with Gasteiger partial charge in [0, 0.05) is 6.92 Å². The van der Waals surface area contributed by atoms with Gasteiger partial charge in [0.25, 0.3) is 6.29 Å². The minimum absolute atomic E-state index is 0.0155. The van der Waals surface area contributed by atoms with Crippen molar-refractivity contribution < 1.29 is 23.8 Å². The normalized spacial score (nSPS) is 23.3. The Morgan fingerprint density at radius 2 is 2.50 bits per heavy atom. The first-order valence-corrected chi connectivity index (χ1v) is 2.69. The molecule has 10 heavy (non-hydrogen) atoms. The Morgan fingerprint density at radius 3 is 2.90 bits per heavy atom. The molecule has 1 fully saturated rings. The fourth-order valence-electron chi connectivity index (χ4n) is 0.555. The SMILES string of the molecule is CC(=O)OC1COC(=O)O1. The van der Waals surface area contributed by atoms with Crippen molar-refractivity contribution in [2.24, 2.45) is 0 Å². The molecule has 5 nitrogen and oxygen atoms in total. The number of esters is 1. The zero-order chi connectivity index (χ0) is 7.56. The third-order valence-corrected chi connectivity index (χ3v) is 0.862. The monoisotopic (exact) mass is 146 g/mol. The Hall–Kier alpha value is -1.26. The van der Waals surface area contributed by atoms with Crippen LogP contribution in [0.2, 0.25) is 0 Å². The van der Waals surface area contributed by atoms with Gasteiger partial charge in [-0.1, -0.05) is 0 Å². The molecule has 0 amide bonds. The first-order chi connectivity index (χ1) is 4.68. The standard InChI is InChI=1S/C5H6O5/c1-3(6)9-4-2-8-5(7)10-4/h4H,2H2,1H3. The van der Waals surface area contributed by atoms with Gasteiger partial charge in [0.1, 0.15) is 0 Å². The molecule has 0 aromatic rings. The number of ether oxygens (including phenoxy) is 3. The van der Waals surface area contributed by atoms with E-state index in [4.69, 9.17) is 0 Å². The first-order valence-electron chi connectivity index (χ1n) is 2.69. The molecule has 0 aliphatic carbocycles. The van der Waals surface area contributed by atoms with Crippen molar-refractivity contribution in [2.75, 3.05) is 6.61 Å². The molecule has 1 aliphatic rings. The van der Waals surface area contributed by atoms with Crippen LogP contribution in [-0.4, -0.2) is 25.0 Å². The van der Waals surface area contributed by atoms with Crippen LogP contribution < -0.4 is 0 Å². The van der Waals surface area contributed by atoms with E-state index < -0.39 is 18.4 Å². The average molecular weight is 146 g/mol. The lowest BCUT2D eigenvalue weighted by Crippen LogP contribution is -2.17. The van der Waals surface area contributed by atoms with E-state index in [0.29, 0.717) is 0 Å². The minimum atomic E-state index is -0.856. The lowest BCUT2D eigenvalue weighted by molar-refractivity contribution is -0.160. The van der Waals surface area contributed by atoms with Crippen LogP contribution >= 0.6 is 0 Å². The van der Waals surface area contributed by atoms with Gasteiger partial charge in [-0.15, -0.1) is 0 Å². The van der Waals surface area contributed by atoms with E-state index >= 15 is 0 Å². The zero-order valence-corrected chi connectivity index (χ0v) is 5.33. The maximum absolute atomic E-state index is 10.2. The van der Waals surface area contributed by atoms with E-state index in [1.54, 1.807) is 0 Å². The van der Waals surface area contributed by atoms with Crippen molar-refractivity contribution in [3.63, 3.8) is 0 Å². The Balaban J connectivity index is 2.31. The van der Waals surface area contributed by atoms with E-state index in [-0.39, 0.29) is 6.61 Å². The molecular formula is C5H6O5. The lowest BCUT2D eigenvalue weighted by Gasteiger charge is -2.03. The second-order valence-corrected chi connectivity index (χ2v) is 1.72. The fraction of sp³-hybridized carbons (Fsp3) is 0.600. The van der Waals surface area contributed by atoms with Gasteiger partial charge in [0.15, 0.2) is 6.61 Å².